The Balaban J connectivity index is 1.67. The lowest BCUT2D eigenvalue weighted by molar-refractivity contribution is -0.137. The van der Waals surface area contributed by atoms with E-state index in [9.17, 15) is 14.4 Å². The van der Waals surface area contributed by atoms with E-state index in [2.05, 4.69) is 26.1 Å². The summed E-state index contributed by atoms with van der Waals surface area (Å²) in [6, 6.07) is -0.200. The van der Waals surface area contributed by atoms with Crippen molar-refractivity contribution >= 4 is 17.8 Å². The number of urea groups is 1. The number of amides is 4. The molecule has 152 valence electrons. The van der Waals surface area contributed by atoms with Gasteiger partial charge in [0.2, 0.25) is 5.91 Å². The second kappa shape index (κ2) is 7.44. The molecular formula is C21H35N3O3. The van der Waals surface area contributed by atoms with E-state index in [0.29, 0.717) is 18.8 Å². The summed E-state index contributed by atoms with van der Waals surface area (Å²) in [4.78, 5) is 41.2. The van der Waals surface area contributed by atoms with Gasteiger partial charge >= 0.3 is 6.03 Å². The molecule has 0 aromatic carbocycles. The maximum absolute atomic E-state index is 13.0. The van der Waals surface area contributed by atoms with E-state index in [-0.39, 0.29) is 35.8 Å². The number of carbonyl (C=O) groups is 3. The van der Waals surface area contributed by atoms with Gasteiger partial charge in [-0.15, -0.1) is 0 Å². The van der Waals surface area contributed by atoms with Crippen LogP contribution < -0.4 is 5.32 Å². The third-order valence-corrected chi connectivity index (χ3v) is 7.01. The molecule has 3 fully saturated rings. The Hall–Kier alpha value is -1.59. The Kier molecular flexibility index (Phi) is 5.55. The van der Waals surface area contributed by atoms with Crippen LogP contribution in [0, 0.1) is 11.3 Å². The number of carbonyl (C=O) groups excluding carboxylic acids is 3. The minimum Gasteiger partial charge on any atom is -0.352 e. The SMILES string of the molecule is CN1C(=O)N(CC(=O)NC2CCCCC2C(C)(C)C)C(=O)C12CCCCC2. The van der Waals surface area contributed by atoms with Gasteiger partial charge in [-0.3, -0.25) is 14.5 Å². The van der Waals surface area contributed by atoms with Gasteiger partial charge in [0.15, 0.2) is 0 Å². The molecule has 6 heteroatoms. The van der Waals surface area contributed by atoms with E-state index in [4.69, 9.17) is 0 Å². The van der Waals surface area contributed by atoms with Crippen LogP contribution >= 0.6 is 0 Å². The van der Waals surface area contributed by atoms with Gasteiger partial charge in [0, 0.05) is 13.1 Å². The van der Waals surface area contributed by atoms with Gasteiger partial charge in [0.1, 0.15) is 12.1 Å². The van der Waals surface area contributed by atoms with Crippen LogP contribution in [0.1, 0.15) is 78.6 Å². The third kappa shape index (κ3) is 3.72. The van der Waals surface area contributed by atoms with Crippen molar-refractivity contribution in [1.82, 2.24) is 15.1 Å². The Morgan fingerprint density at radius 1 is 1.07 bits per heavy atom. The molecule has 3 rings (SSSR count). The first-order valence-corrected chi connectivity index (χ1v) is 10.6. The number of imide groups is 1. The molecule has 1 spiro atoms. The minimum absolute atomic E-state index is 0.125. The topological polar surface area (TPSA) is 69.7 Å². The molecule has 2 saturated carbocycles. The fraction of sp³-hybridized carbons (Fsp3) is 0.857. The number of nitrogens with one attached hydrogen (secondary N) is 1. The monoisotopic (exact) mass is 377 g/mol. The summed E-state index contributed by atoms with van der Waals surface area (Å²) < 4.78 is 0. The third-order valence-electron chi connectivity index (χ3n) is 7.01. The molecule has 2 aliphatic carbocycles. The van der Waals surface area contributed by atoms with E-state index < -0.39 is 5.54 Å². The summed E-state index contributed by atoms with van der Waals surface area (Å²) >= 11 is 0. The molecule has 0 radical (unpaired) electrons. The molecule has 1 N–H and O–H groups in total. The average molecular weight is 378 g/mol. The first-order chi connectivity index (χ1) is 12.7. The summed E-state index contributed by atoms with van der Waals surface area (Å²) in [5.41, 5.74) is -0.585. The van der Waals surface area contributed by atoms with Crippen molar-refractivity contribution in [3.05, 3.63) is 0 Å². The van der Waals surface area contributed by atoms with Crippen molar-refractivity contribution in [2.75, 3.05) is 13.6 Å². The predicted octanol–water partition coefficient (Wildman–Crippen LogP) is 3.30. The molecule has 6 nitrogen and oxygen atoms in total. The largest absolute Gasteiger partial charge is 0.352 e. The van der Waals surface area contributed by atoms with Crippen LogP contribution in [0.5, 0.6) is 0 Å². The van der Waals surface area contributed by atoms with Gasteiger partial charge in [0.05, 0.1) is 0 Å². The second-order valence-corrected chi connectivity index (χ2v) is 9.76. The number of likely N-dealkylation sites (N-methyl/N-ethyl adjacent to an activating group) is 1. The van der Waals surface area contributed by atoms with Crippen molar-refractivity contribution in [2.45, 2.75) is 90.1 Å². The van der Waals surface area contributed by atoms with E-state index >= 15 is 0 Å². The summed E-state index contributed by atoms with van der Waals surface area (Å²) in [6.07, 6.45) is 8.84. The first kappa shape index (κ1) is 20.2. The normalized spacial score (nSPS) is 28.7. The predicted molar refractivity (Wildman–Crippen MR) is 104 cm³/mol. The maximum atomic E-state index is 13.0. The van der Waals surface area contributed by atoms with Gasteiger partial charge in [-0.05, 0) is 37.0 Å². The Morgan fingerprint density at radius 2 is 1.70 bits per heavy atom. The molecular weight excluding hydrogens is 342 g/mol. The highest BCUT2D eigenvalue weighted by Crippen LogP contribution is 2.40. The summed E-state index contributed by atoms with van der Waals surface area (Å²) in [5, 5.41) is 3.15. The van der Waals surface area contributed by atoms with Gasteiger partial charge < -0.3 is 10.2 Å². The van der Waals surface area contributed by atoms with Crippen LogP contribution in [-0.4, -0.2) is 52.8 Å². The highest BCUT2D eigenvalue weighted by atomic mass is 16.2. The maximum Gasteiger partial charge on any atom is 0.327 e. The smallest absolute Gasteiger partial charge is 0.327 e. The first-order valence-electron chi connectivity index (χ1n) is 10.6. The van der Waals surface area contributed by atoms with Crippen LogP contribution in [0.4, 0.5) is 4.79 Å². The molecule has 1 saturated heterocycles. The fourth-order valence-electron chi connectivity index (χ4n) is 5.41. The number of hydrogen-bond acceptors (Lipinski definition) is 3. The van der Waals surface area contributed by atoms with Gasteiger partial charge in [-0.1, -0.05) is 52.9 Å². The lowest BCUT2D eigenvalue weighted by atomic mass is 9.69. The van der Waals surface area contributed by atoms with E-state index in [1.54, 1.807) is 11.9 Å². The highest BCUT2D eigenvalue weighted by molar-refractivity contribution is 6.08. The Bertz CT molecular complexity index is 604. The lowest BCUT2D eigenvalue weighted by Crippen LogP contribution is -2.51. The molecule has 1 heterocycles. The van der Waals surface area contributed by atoms with Crippen LogP contribution in [0.3, 0.4) is 0 Å². The van der Waals surface area contributed by atoms with Gasteiger partial charge in [0.25, 0.3) is 5.91 Å². The van der Waals surface area contributed by atoms with E-state index in [0.717, 1.165) is 38.5 Å². The van der Waals surface area contributed by atoms with Crippen LogP contribution in [0.15, 0.2) is 0 Å². The molecule has 27 heavy (non-hydrogen) atoms. The van der Waals surface area contributed by atoms with Crippen molar-refractivity contribution in [2.24, 2.45) is 11.3 Å². The average Bonchev–Trinajstić information content (AvgIpc) is 2.78. The zero-order chi connectivity index (χ0) is 19.8. The number of hydrogen-bond donors (Lipinski definition) is 1. The zero-order valence-electron chi connectivity index (χ0n) is 17.3. The molecule has 3 aliphatic rings. The summed E-state index contributed by atoms with van der Waals surface area (Å²) in [7, 11) is 1.71. The zero-order valence-corrected chi connectivity index (χ0v) is 17.3. The summed E-state index contributed by atoms with van der Waals surface area (Å²) in [6.45, 7) is 6.50. The van der Waals surface area contributed by atoms with Gasteiger partial charge in [-0.25, -0.2) is 4.79 Å². The molecule has 0 aromatic heterocycles. The molecule has 0 bridgehead atoms. The second-order valence-electron chi connectivity index (χ2n) is 9.76. The van der Waals surface area contributed by atoms with Crippen molar-refractivity contribution < 1.29 is 14.4 Å². The fourth-order valence-corrected chi connectivity index (χ4v) is 5.41. The molecule has 4 amide bonds. The molecule has 2 unspecified atom stereocenters. The highest BCUT2D eigenvalue weighted by Gasteiger charge is 2.55. The van der Waals surface area contributed by atoms with Crippen LogP contribution in [-0.2, 0) is 9.59 Å². The Labute approximate surface area is 163 Å². The number of rotatable bonds is 3. The van der Waals surface area contributed by atoms with Crippen molar-refractivity contribution in [1.29, 1.82) is 0 Å². The quantitative estimate of drug-likeness (QED) is 0.767. The van der Waals surface area contributed by atoms with E-state index in [1.165, 1.54) is 11.3 Å². The molecule has 2 atom stereocenters. The lowest BCUT2D eigenvalue weighted by Gasteiger charge is -2.41. The number of nitrogens with zero attached hydrogens (tertiary/aromatic N) is 2. The standard InChI is InChI=1S/C21H35N3O3/c1-20(2,3)15-10-6-7-11-16(15)22-17(25)14-24-18(26)21(23(4)19(24)27)12-8-5-9-13-21/h15-16H,5-14H2,1-4H3,(H,22,25). The van der Waals surface area contributed by atoms with Crippen LogP contribution in [0.2, 0.25) is 0 Å². The minimum atomic E-state index is -0.714. The summed E-state index contributed by atoms with van der Waals surface area (Å²) in [5.74, 6) is 0.0347. The van der Waals surface area contributed by atoms with Crippen molar-refractivity contribution in [3.8, 4) is 0 Å². The Morgan fingerprint density at radius 3 is 2.33 bits per heavy atom. The van der Waals surface area contributed by atoms with E-state index in [1.807, 2.05) is 0 Å². The van der Waals surface area contributed by atoms with Gasteiger partial charge in [-0.2, -0.15) is 0 Å². The van der Waals surface area contributed by atoms with Crippen LogP contribution in [0.25, 0.3) is 0 Å². The van der Waals surface area contributed by atoms with Crippen molar-refractivity contribution in [3.63, 3.8) is 0 Å². The molecule has 1 aliphatic heterocycles. The molecule has 0 aromatic rings.